The average molecular weight is 258 g/mol. The third-order valence-corrected chi connectivity index (χ3v) is 3.14. The lowest BCUT2D eigenvalue weighted by atomic mass is 10.1. The normalized spacial score (nSPS) is 12.3. The van der Waals surface area contributed by atoms with E-state index in [0.29, 0.717) is 16.7 Å². The van der Waals surface area contributed by atoms with Gasteiger partial charge in [-0.3, -0.25) is 0 Å². The molecule has 0 unspecified atom stereocenters. The zero-order chi connectivity index (χ0) is 12.4. The molecule has 2 heterocycles. The van der Waals surface area contributed by atoms with Crippen molar-refractivity contribution in [3.05, 3.63) is 24.3 Å². The van der Waals surface area contributed by atoms with E-state index < -0.39 is 0 Å². The minimum Gasteiger partial charge on any atom is -0.425 e. The van der Waals surface area contributed by atoms with Gasteiger partial charge >= 0.3 is 0 Å². The summed E-state index contributed by atoms with van der Waals surface area (Å²) in [5.74, 6) is 1.35. The van der Waals surface area contributed by atoms with Crippen molar-refractivity contribution in [3.8, 4) is 17.1 Å². The van der Waals surface area contributed by atoms with Gasteiger partial charge in [-0.15, -0.1) is 10.2 Å². The molecule has 2 aromatic rings. The molecule has 0 aliphatic carbocycles. The molecule has 0 spiro atoms. The summed E-state index contributed by atoms with van der Waals surface area (Å²) in [5.41, 5.74) is 2.32. The Hall–Kier alpha value is -1.95. The van der Waals surface area contributed by atoms with Gasteiger partial charge in [0.1, 0.15) is 0 Å². The molecular weight excluding hydrogens is 248 g/mol. The van der Waals surface area contributed by atoms with Crippen LogP contribution in [0.4, 0.5) is 5.69 Å². The molecule has 18 heavy (non-hydrogen) atoms. The van der Waals surface area contributed by atoms with Crippen LogP contribution in [0.1, 0.15) is 6.92 Å². The standard InChI is InChI=1S/C12H10N4OS/c1-2-18-12-14-11-10(15-16-12)8-5-3-4-6-9(8)13-7-17-11/h3-7H,2H2,1H3. The predicted octanol–water partition coefficient (Wildman–Crippen LogP) is 2.70. The van der Waals surface area contributed by atoms with Gasteiger partial charge in [0.05, 0.1) is 5.69 Å². The van der Waals surface area contributed by atoms with Crippen LogP contribution in [0.3, 0.4) is 0 Å². The number of aliphatic imine (C=N–C) groups is 1. The molecule has 0 radical (unpaired) electrons. The van der Waals surface area contributed by atoms with Crippen molar-refractivity contribution < 1.29 is 4.74 Å². The molecule has 0 bridgehead atoms. The van der Waals surface area contributed by atoms with Crippen LogP contribution in [0, 0.1) is 0 Å². The number of fused-ring (bicyclic) bond motifs is 3. The molecule has 1 aromatic heterocycles. The van der Waals surface area contributed by atoms with Crippen molar-refractivity contribution in [2.24, 2.45) is 4.99 Å². The van der Waals surface area contributed by atoms with Gasteiger partial charge in [-0.2, -0.15) is 4.98 Å². The van der Waals surface area contributed by atoms with Crippen LogP contribution < -0.4 is 4.74 Å². The first kappa shape index (κ1) is 11.2. The molecule has 0 N–H and O–H groups in total. The lowest BCUT2D eigenvalue weighted by molar-refractivity contribution is 0.533. The smallest absolute Gasteiger partial charge is 0.251 e. The third-order valence-electron chi connectivity index (χ3n) is 2.42. The number of nitrogens with zero attached hydrogens (tertiary/aromatic N) is 4. The number of benzene rings is 1. The van der Waals surface area contributed by atoms with E-state index in [4.69, 9.17) is 4.74 Å². The Balaban J connectivity index is 2.14. The van der Waals surface area contributed by atoms with Crippen molar-refractivity contribution in [1.82, 2.24) is 15.2 Å². The lowest BCUT2D eigenvalue weighted by Gasteiger charge is -2.05. The van der Waals surface area contributed by atoms with Gasteiger partial charge < -0.3 is 4.74 Å². The first-order valence-corrected chi connectivity index (χ1v) is 6.53. The highest BCUT2D eigenvalue weighted by Gasteiger charge is 2.17. The van der Waals surface area contributed by atoms with Crippen molar-refractivity contribution in [1.29, 1.82) is 0 Å². The summed E-state index contributed by atoms with van der Waals surface area (Å²) in [6.45, 7) is 2.04. The quantitative estimate of drug-likeness (QED) is 0.775. The first-order valence-electron chi connectivity index (χ1n) is 5.54. The number of para-hydroxylation sites is 1. The van der Waals surface area contributed by atoms with Gasteiger partial charge in [0.15, 0.2) is 12.1 Å². The summed E-state index contributed by atoms with van der Waals surface area (Å²) in [6, 6.07) is 7.69. The minimum atomic E-state index is 0.453. The minimum absolute atomic E-state index is 0.453. The van der Waals surface area contributed by atoms with Crippen molar-refractivity contribution in [3.63, 3.8) is 0 Å². The number of aromatic nitrogens is 3. The van der Waals surface area contributed by atoms with Crippen LogP contribution in [-0.2, 0) is 0 Å². The Morgan fingerprint density at radius 2 is 2.11 bits per heavy atom. The number of ether oxygens (including phenoxy) is 1. The molecule has 3 rings (SSSR count). The van der Waals surface area contributed by atoms with Gasteiger partial charge in [0.2, 0.25) is 5.16 Å². The van der Waals surface area contributed by atoms with E-state index in [-0.39, 0.29) is 0 Å². The van der Waals surface area contributed by atoms with Crippen LogP contribution in [0.5, 0.6) is 5.88 Å². The molecule has 0 saturated carbocycles. The third kappa shape index (κ3) is 1.95. The van der Waals surface area contributed by atoms with E-state index in [1.165, 1.54) is 18.2 Å². The molecule has 90 valence electrons. The van der Waals surface area contributed by atoms with E-state index in [1.807, 2.05) is 31.2 Å². The highest BCUT2D eigenvalue weighted by Crippen LogP contribution is 2.35. The molecule has 0 amide bonds. The van der Waals surface area contributed by atoms with E-state index in [0.717, 1.165) is 17.0 Å². The second-order valence-electron chi connectivity index (χ2n) is 3.55. The van der Waals surface area contributed by atoms with Crippen LogP contribution in [-0.4, -0.2) is 27.3 Å². The lowest BCUT2D eigenvalue weighted by Crippen LogP contribution is -2.00. The zero-order valence-corrected chi connectivity index (χ0v) is 10.5. The fourth-order valence-electron chi connectivity index (χ4n) is 1.66. The molecule has 0 fully saturated rings. The maximum atomic E-state index is 5.40. The van der Waals surface area contributed by atoms with Crippen molar-refractivity contribution in [2.75, 3.05) is 5.75 Å². The Labute approximate surface area is 108 Å². The Morgan fingerprint density at radius 3 is 3.00 bits per heavy atom. The number of rotatable bonds is 2. The summed E-state index contributed by atoms with van der Waals surface area (Å²) in [5, 5.41) is 8.90. The first-order chi connectivity index (χ1) is 8.88. The largest absolute Gasteiger partial charge is 0.425 e. The highest BCUT2D eigenvalue weighted by atomic mass is 32.2. The number of thioether (sulfide) groups is 1. The van der Waals surface area contributed by atoms with Gasteiger partial charge in [0, 0.05) is 5.56 Å². The van der Waals surface area contributed by atoms with Gasteiger partial charge in [-0.05, 0) is 11.8 Å². The maximum absolute atomic E-state index is 5.40. The SMILES string of the molecule is CCSc1nnc2c(n1)OC=Nc1ccccc1-2. The highest BCUT2D eigenvalue weighted by molar-refractivity contribution is 7.99. The van der Waals surface area contributed by atoms with Gasteiger partial charge in [-0.25, -0.2) is 4.99 Å². The molecule has 6 heteroatoms. The van der Waals surface area contributed by atoms with Gasteiger partial charge in [0.25, 0.3) is 5.88 Å². The van der Waals surface area contributed by atoms with Crippen LogP contribution in [0.2, 0.25) is 0 Å². The fourth-order valence-corrected chi connectivity index (χ4v) is 2.16. The average Bonchev–Trinajstić information content (AvgIpc) is 2.58. The molecule has 5 nitrogen and oxygen atoms in total. The summed E-state index contributed by atoms with van der Waals surface area (Å²) >= 11 is 1.53. The second kappa shape index (κ2) is 4.73. The Bertz CT molecular complexity index is 615. The summed E-state index contributed by atoms with van der Waals surface area (Å²) in [7, 11) is 0. The Kier molecular flexibility index (Phi) is 2.93. The molecule has 1 aliphatic rings. The molecule has 1 aromatic carbocycles. The summed E-state index contributed by atoms with van der Waals surface area (Å²) in [4.78, 5) is 8.55. The predicted molar refractivity (Wildman–Crippen MR) is 70.4 cm³/mol. The number of hydrogen-bond donors (Lipinski definition) is 0. The van der Waals surface area contributed by atoms with Crippen LogP contribution in [0.15, 0.2) is 34.4 Å². The van der Waals surface area contributed by atoms with E-state index in [1.54, 1.807) is 0 Å². The van der Waals surface area contributed by atoms with E-state index in [2.05, 4.69) is 20.2 Å². The van der Waals surface area contributed by atoms with Crippen molar-refractivity contribution >= 4 is 23.8 Å². The van der Waals surface area contributed by atoms with E-state index in [9.17, 15) is 0 Å². The zero-order valence-electron chi connectivity index (χ0n) is 9.70. The van der Waals surface area contributed by atoms with Crippen LogP contribution in [0.25, 0.3) is 11.3 Å². The molecule has 0 atom stereocenters. The molecule has 1 aliphatic heterocycles. The molecule has 0 saturated heterocycles. The maximum Gasteiger partial charge on any atom is 0.251 e. The second-order valence-corrected chi connectivity index (χ2v) is 4.78. The summed E-state index contributed by atoms with van der Waals surface area (Å²) in [6.07, 6.45) is 1.39. The van der Waals surface area contributed by atoms with Gasteiger partial charge in [-0.1, -0.05) is 36.9 Å². The van der Waals surface area contributed by atoms with Crippen molar-refractivity contribution in [2.45, 2.75) is 12.1 Å². The van der Waals surface area contributed by atoms with E-state index >= 15 is 0 Å². The topological polar surface area (TPSA) is 60.3 Å². The molecular formula is C12H10N4OS. The fraction of sp³-hybridized carbons (Fsp3) is 0.167. The Morgan fingerprint density at radius 1 is 1.22 bits per heavy atom. The summed E-state index contributed by atoms with van der Waals surface area (Å²) < 4.78 is 5.40. The number of hydrogen-bond acceptors (Lipinski definition) is 6. The van der Waals surface area contributed by atoms with Crippen LogP contribution >= 0.6 is 11.8 Å². The monoisotopic (exact) mass is 258 g/mol.